The van der Waals surface area contributed by atoms with Gasteiger partial charge in [0.05, 0.1) is 30.3 Å². The van der Waals surface area contributed by atoms with E-state index in [1.807, 2.05) is 6.07 Å². The van der Waals surface area contributed by atoms with Crippen LogP contribution in [0.1, 0.15) is 24.5 Å². The number of anilines is 2. The molecule has 1 aromatic carbocycles. The Bertz CT molecular complexity index is 657. The van der Waals surface area contributed by atoms with Crippen molar-refractivity contribution in [3.8, 4) is 6.07 Å². The summed E-state index contributed by atoms with van der Waals surface area (Å²) in [5.41, 5.74) is 4.65. The normalized spacial score (nSPS) is 11.0. The summed E-state index contributed by atoms with van der Waals surface area (Å²) in [6.07, 6.45) is -4.58. The highest BCUT2D eigenvalue weighted by atomic mass is 79.9. The first-order chi connectivity index (χ1) is 11.1. The van der Waals surface area contributed by atoms with Gasteiger partial charge >= 0.3 is 12.1 Å². The van der Waals surface area contributed by atoms with Gasteiger partial charge in [0.2, 0.25) is 0 Å². The highest BCUT2D eigenvalue weighted by Crippen LogP contribution is 2.43. The number of carbonyl (C=O) groups is 1. The van der Waals surface area contributed by atoms with Gasteiger partial charge in [-0.1, -0.05) is 0 Å². The van der Waals surface area contributed by atoms with Gasteiger partial charge < -0.3 is 15.4 Å². The molecule has 2 N–H and O–H groups in total. The number of hydrogen-bond acceptors (Lipinski definition) is 5. The van der Waals surface area contributed by atoms with E-state index in [0.29, 0.717) is 4.47 Å². The molecule has 0 aliphatic carbocycles. The summed E-state index contributed by atoms with van der Waals surface area (Å²) in [5.74, 6) is -0.527. The molecule has 0 bridgehead atoms. The van der Waals surface area contributed by atoms with E-state index in [0.717, 1.165) is 0 Å². The minimum atomic E-state index is -4.61. The van der Waals surface area contributed by atoms with Crippen LogP contribution in [0, 0.1) is 18.3 Å². The summed E-state index contributed by atoms with van der Waals surface area (Å²) >= 11 is 3.16. The number of halogens is 4. The molecule has 0 atom stereocenters. The number of ether oxygens (including phenoxy) is 1. The first-order valence-electron chi connectivity index (χ1n) is 7.00. The first kappa shape index (κ1) is 20.1. The van der Waals surface area contributed by atoms with Crippen molar-refractivity contribution in [2.24, 2.45) is 0 Å². The minimum Gasteiger partial charge on any atom is -0.464 e. The summed E-state index contributed by atoms with van der Waals surface area (Å²) in [6.45, 7) is 2.52. The van der Waals surface area contributed by atoms with E-state index in [4.69, 9.17) is 15.7 Å². The lowest BCUT2D eigenvalue weighted by molar-refractivity contribution is -0.141. The number of nitrogen functional groups attached to an aromatic ring is 1. The third kappa shape index (κ3) is 5.03. The lowest BCUT2D eigenvalue weighted by Crippen LogP contribution is -2.31. The van der Waals surface area contributed by atoms with Gasteiger partial charge in [0.1, 0.15) is 6.61 Å². The largest absolute Gasteiger partial charge is 0.464 e. The number of carbonyl (C=O) groups excluding carboxylic acids is 1. The fraction of sp³-hybridized carbons (Fsp3) is 0.467. The second-order valence-electron chi connectivity index (χ2n) is 5.02. The van der Waals surface area contributed by atoms with Crippen LogP contribution < -0.4 is 10.6 Å². The van der Waals surface area contributed by atoms with Crippen molar-refractivity contribution in [3.63, 3.8) is 0 Å². The van der Waals surface area contributed by atoms with Crippen LogP contribution in [-0.2, 0) is 15.7 Å². The molecular weight excluding hydrogens is 391 g/mol. The summed E-state index contributed by atoms with van der Waals surface area (Å²) in [4.78, 5) is 12.2. The van der Waals surface area contributed by atoms with E-state index in [-0.39, 0.29) is 43.1 Å². The molecule has 0 heterocycles. The summed E-state index contributed by atoms with van der Waals surface area (Å²) in [5, 5.41) is 8.74. The molecule has 0 unspecified atom stereocenters. The van der Waals surface area contributed by atoms with Gasteiger partial charge in [0, 0.05) is 23.6 Å². The third-order valence-electron chi connectivity index (χ3n) is 3.34. The molecule has 1 rings (SSSR count). The van der Waals surface area contributed by atoms with Crippen LogP contribution >= 0.6 is 15.9 Å². The Morgan fingerprint density at radius 1 is 1.46 bits per heavy atom. The predicted octanol–water partition coefficient (Wildman–Crippen LogP) is 3.64. The average Bonchev–Trinajstić information content (AvgIpc) is 2.46. The van der Waals surface area contributed by atoms with E-state index in [9.17, 15) is 18.0 Å². The zero-order valence-electron chi connectivity index (χ0n) is 13.2. The fourth-order valence-corrected chi connectivity index (χ4v) is 2.73. The van der Waals surface area contributed by atoms with Crippen LogP contribution in [-0.4, -0.2) is 25.7 Å². The van der Waals surface area contributed by atoms with Crippen molar-refractivity contribution in [2.45, 2.75) is 26.4 Å². The molecule has 0 aliphatic rings. The first-order valence-corrected chi connectivity index (χ1v) is 7.80. The summed E-state index contributed by atoms with van der Waals surface area (Å²) < 4.78 is 45.7. The standard InChI is InChI=1S/C15H17BrF3N3O2/c1-9-13(15(17,18)19)12(8-11(16)14(9)21)22(5-3-4-20)6-7-24-10(2)23/h8H,3,5-7,21H2,1-2H3. The van der Waals surface area contributed by atoms with Crippen molar-refractivity contribution in [1.82, 2.24) is 0 Å². The van der Waals surface area contributed by atoms with Gasteiger partial charge in [0.15, 0.2) is 0 Å². The van der Waals surface area contributed by atoms with Crippen LogP contribution in [0.3, 0.4) is 0 Å². The summed E-state index contributed by atoms with van der Waals surface area (Å²) in [6, 6.07) is 3.17. The molecule has 24 heavy (non-hydrogen) atoms. The highest BCUT2D eigenvalue weighted by Gasteiger charge is 2.38. The van der Waals surface area contributed by atoms with Crippen molar-refractivity contribution in [3.05, 3.63) is 21.7 Å². The highest BCUT2D eigenvalue weighted by molar-refractivity contribution is 9.10. The monoisotopic (exact) mass is 407 g/mol. The van der Waals surface area contributed by atoms with Crippen LogP contribution in [0.2, 0.25) is 0 Å². The number of benzene rings is 1. The lowest BCUT2D eigenvalue weighted by atomic mass is 10.0. The molecule has 0 fully saturated rings. The number of nitrogens with zero attached hydrogens (tertiary/aromatic N) is 2. The van der Waals surface area contributed by atoms with Crippen molar-refractivity contribution < 1.29 is 22.7 Å². The maximum atomic E-state index is 13.5. The van der Waals surface area contributed by atoms with Crippen molar-refractivity contribution in [1.29, 1.82) is 5.26 Å². The third-order valence-corrected chi connectivity index (χ3v) is 4.00. The Kier molecular flexibility index (Phi) is 6.90. The Balaban J connectivity index is 3.34. The Hall–Kier alpha value is -1.95. The minimum absolute atomic E-state index is 0.00583. The number of hydrogen-bond donors (Lipinski definition) is 1. The predicted molar refractivity (Wildman–Crippen MR) is 87.4 cm³/mol. The second-order valence-corrected chi connectivity index (χ2v) is 5.88. The lowest BCUT2D eigenvalue weighted by Gasteiger charge is -2.29. The zero-order chi connectivity index (χ0) is 18.5. The van der Waals surface area contributed by atoms with E-state index < -0.39 is 17.7 Å². The molecule has 132 valence electrons. The molecule has 0 spiro atoms. The maximum Gasteiger partial charge on any atom is 0.418 e. The molecular formula is C15H17BrF3N3O2. The van der Waals surface area contributed by atoms with E-state index in [1.165, 1.54) is 24.8 Å². The number of rotatable bonds is 6. The molecule has 0 saturated carbocycles. The molecule has 0 radical (unpaired) electrons. The fourth-order valence-electron chi connectivity index (χ4n) is 2.22. The molecule has 0 amide bonds. The van der Waals surface area contributed by atoms with Crippen molar-refractivity contribution >= 4 is 33.3 Å². The Labute approximate surface area is 146 Å². The molecule has 1 aromatic rings. The van der Waals surface area contributed by atoms with Gasteiger partial charge in [-0.25, -0.2) is 0 Å². The maximum absolute atomic E-state index is 13.5. The van der Waals surface area contributed by atoms with Gasteiger partial charge in [-0.05, 0) is 34.5 Å². The van der Waals surface area contributed by atoms with Gasteiger partial charge in [-0.15, -0.1) is 0 Å². The van der Waals surface area contributed by atoms with Gasteiger partial charge in [-0.2, -0.15) is 18.4 Å². The average molecular weight is 408 g/mol. The molecule has 0 aromatic heterocycles. The van der Waals surface area contributed by atoms with Crippen molar-refractivity contribution in [2.75, 3.05) is 30.3 Å². The number of alkyl halides is 3. The molecule has 9 heteroatoms. The quantitative estimate of drug-likeness (QED) is 0.575. The van der Waals surface area contributed by atoms with Crippen LogP contribution in [0.4, 0.5) is 24.5 Å². The number of nitriles is 1. The summed E-state index contributed by atoms with van der Waals surface area (Å²) in [7, 11) is 0. The molecule has 0 saturated heterocycles. The second kappa shape index (κ2) is 8.24. The van der Waals surface area contributed by atoms with Gasteiger partial charge in [0.25, 0.3) is 0 Å². The van der Waals surface area contributed by atoms with E-state index >= 15 is 0 Å². The zero-order valence-corrected chi connectivity index (χ0v) is 14.8. The molecule has 0 aliphatic heterocycles. The van der Waals surface area contributed by atoms with Gasteiger partial charge in [-0.3, -0.25) is 4.79 Å². The Morgan fingerprint density at radius 2 is 2.08 bits per heavy atom. The SMILES string of the molecule is CC(=O)OCCN(CCC#N)c1cc(Br)c(N)c(C)c1C(F)(F)F. The topological polar surface area (TPSA) is 79.3 Å². The van der Waals surface area contributed by atoms with Crippen LogP contribution in [0.5, 0.6) is 0 Å². The smallest absolute Gasteiger partial charge is 0.418 e. The molecule has 5 nitrogen and oxygen atoms in total. The van der Waals surface area contributed by atoms with Crippen LogP contribution in [0.15, 0.2) is 10.5 Å². The Morgan fingerprint density at radius 3 is 2.58 bits per heavy atom. The number of esters is 1. The number of nitrogens with two attached hydrogens (primary N) is 1. The van der Waals surface area contributed by atoms with E-state index in [2.05, 4.69) is 15.9 Å². The van der Waals surface area contributed by atoms with E-state index in [1.54, 1.807) is 0 Å². The van der Waals surface area contributed by atoms with Crippen LogP contribution in [0.25, 0.3) is 0 Å².